The van der Waals surface area contributed by atoms with E-state index < -0.39 is 23.8 Å². The third-order valence-electron chi connectivity index (χ3n) is 9.13. The van der Waals surface area contributed by atoms with Gasteiger partial charge < -0.3 is 0 Å². The molecule has 0 aliphatic heterocycles. The van der Waals surface area contributed by atoms with Crippen LogP contribution in [0.1, 0.15) is 0 Å². The molecule has 0 saturated heterocycles. The first-order chi connectivity index (χ1) is 29.8. The summed E-state index contributed by atoms with van der Waals surface area (Å²) in [5.74, 6) is 0. The van der Waals surface area contributed by atoms with Gasteiger partial charge in [-0.15, -0.1) is 0 Å². The third kappa shape index (κ3) is 13.2. The standard InChI is InChI=1S/3C18H15P.NO.Rh/c3*1-4-10-16(11-5-1)19(17-12-6-2-7-13-17)18-14-8-3-9-15-18;1-2;/h3*1-15H;;/q;;;-1;+1. The first-order valence-corrected chi connectivity index (χ1v) is 24.3. The van der Waals surface area contributed by atoms with Gasteiger partial charge in [0.25, 0.3) is 0 Å². The van der Waals surface area contributed by atoms with Gasteiger partial charge >= 0.3 is 27.4 Å². The van der Waals surface area contributed by atoms with Crippen molar-refractivity contribution in [3.05, 3.63) is 278 Å². The maximum Gasteiger partial charge on any atom is -0.0134 e. The van der Waals surface area contributed by atoms with Gasteiger partial charge in [0.1, 0.15) is 0 Å². The Balaban J connectivity index is 0.000000146. The molecule has 0 atom stereocenters. The number of hydrogen-bond donors (Lipinski definition) is 0. The van der Waals surface area contributed by atoms with Crippen molar-refractivity contribution in [2.45, 2.75) is 0 Å². The molecule has 296 valence electrons. The van der Waals surface area contributed by atoms with Crippen LogP contribution in [-0.4, -0.2) is 0 Å². The molecule has 0 saturated carbocycles. The zero-order chi connectivity index (χ0) is 41.5. The number of nitrogens with zero attached hydrogens (tertiary/aromatic N) is 1. The Bertz CT molecular complexity index is 1930. The SMILES string of the molecule is O=[N][Rh].c1ccc(P(c2ccccc2)c2ccccc2)cc1.c1ccc(P(c2ccccc2)c2ccccc2)cc1.c1ccc(P(c2ccccc2)c2ccccc2)cc1. The van der Waals surface area contributed by atoms with E-state index in [4.69, 9.17) is 4.91 Å². The Morgan fingerprint density at radius 3 is 0.383 bits per heavy atom. The fourth-order valence-corrected chi connectivity index (χ4v) is 13.5. The van der Waals surface area contributed by atoms with E-state index in [1.807, 2.05) is 0 Å². The maximum atomic E-state index is 8.51. The molecule has 6 heteroatoms. The molecule has 0 heterocycles. The van der Waals surface area contributed by atoms with Gasteiger partial charge in [0.05, 0.1) is 0 Å². The minimum absolute atomic E-state index is 0.446. The second-order valence-electron chi connectivity index (χ2n) is 13.1. The predicted octanol–water partition coefficient (Wildman–Crippen LogP) is 10.5. The van der Waals surface area contributed by atoms with Crippen LogP contribution in [0.2, 0.25) is 0 Å². The minimum Gasteiger partial charge on any atom is -0.0622 e. The van der Waals surface area contributed by atoms with Crippen molar-refractivity contribution in [2.24, 2.45) is 3.92 Å². The van der Waals surface area contributed by atoms with Crippen LogP contribution in [0.4, 0.5) is 0 Å². The second-order valence-corrected chi connectivity index (χ2v) is 20.0. The monoisotopic (exact) mass is 919 g/mol. The summed E-state index contributed by atoms with van der Waals surface area (Å²) in [4.78, 5) is 8.51. The normalized spacial score (nSPS) is 10.3. The van der Waals surface area contributed by atoms with Gasteiger partial charge in [-0.3, -0.25) is 0 Å². The van der Waals surface area contributed by atoms with Gasteiger partial charge in [-0.05, 0) is 71.5 Å². The van der Waals surface area contributed by atoms with Gasteiger partial charge in [0.2, 0.25) is 0 Å². The molecular weight excluding hydrogens is 874 g/mol. The zero-order valence-corrected chi connectivity index (χ0v) is 37.3. The Morgan fingerprint density at radius 1 is 0.217 bits per heavy atom. The van der Waals surface area contributed by atoms with Crippen LogP contribution < -0.4 is 47.7 Å². The quantitative estimate of drug-likeness (QED) is 0.0806. The first kappa shape index (κ1) is 44.1. The van der Waals surface area contributed by atoms with E-state index in [2.05, 4.69) is 277 Å². The van der Waals surface area contributed by atoms with Crippen LogP contribution in [-0.2, 0) is 18.5 Å². The fourth-order valence-electron chi connectivity index (χ4n) is 6.54. The van der Waals surface area contributed by atoms with E-state index in [1.165, 1.54) is 47.7 Å². The molecule has 0 bridgehead atoms. The average Bonchev–Trinajstić information content (AvgIpc) is 3.33. The molecule has 0 aliphatic carbocycles. The van der Waals surface area contributed by atoms with Crippen molar-refractivity contribution in [1.29, 1.82) is 0 Å². The third-order valence-corrected chi connectivity index (χ3v) is 16.5. The molecule has 0 aliphatic rings. The first-order valence-electron chi connectivity index (χ1n) is 19.5. The van der Waals surface area contributed by atoms with E-state index in [0.717, 1.165) is 0 Å². The topological polar surface area (TPSA) is 29.4 Å². The summed E-state index contributed by atoms with van der Waals surface area (Å²) in [7, 11) is -1.34. The number of benzene rings is 9. The minimum atomic E-state index is -0.446. The van der Waals surface area contributed by atoms with Crippen LogP contribution in [0, 0.1) is 4.91 Å². The van der Waals surface area contributed by atoms with E-state index in [1.54, 1.807) is 18.5 Å². The van der Waals surface area contributed by atoms with Crippen LogP contribution in [0.5, 0.6) is 0 Å². The summed E-state index contributed by atoms with van der Waals surface area (Å²) >= 11 is 1.79. The summed E-state index contributed by atoms with van der Waals surface area (Å²) in [5.41, 5.74) is 0. The Labute approximate surface area is 369 Å². The van der Waals surface area contributed by atoms with Crippen LogP contribution in [0.3, 0.4) is 0 Å². The molecular formula is C54H45NOP3Rh. The average molecular weight is 920 g/mol. The van der Waals surface area contributed by atoms with Gasteiger partial charge in [-0.25, -0.2) is 0 Å². The molecule has 0 N–H and O–H groups in total. The fraction of sp³-hybridized carbons (Fsp3) is 0. The molecule has 2 nitrogen and oxygen atoms in total. The number of hydrogen-bond acceptors (Lipinski definition) is 2. The molecule has 9 rings (SSSR count). The summed E-state index contributed by atoms with van der Waals surface area (Å²) in [6.45, 7) is 0. The summed E-state index contributed by atoms with van der Waals surface area (Å²) < 4.78 is 2.14. The molecule has 0 spiro atoms. The van der Waals surface area contributed by atoms with E-state index in [-0.39, 0.29) is 0 Å². The predicted molar refractivity (Wildman–Crippen MR) is 261 cm³/mol. The molecule has 0 fully saturated rings. The van der Waals surface area contributed by atoms with Gasteiger partial charge in [-0.1, -0.05) is 273 Å². The smallest absolute Gasteiger partial charge is 0.0134 e. The van der Waals surface area contributed by atoms with Crippen molar-refractivity contribution < 1.29 is 18.5 Å². The number of nitroso groups, excluding NO2 is 1. The van der Waals surface area contributed by atoms with Crippen LogP contribution in [0.15, 0.2) is 277 Å². The van der Waals surface area contributed by atoms with E-state index >= 15 is 0 Å². The van der Waals surface area contributed by atoms with E-state index in [0.29, 0.717) is 0 Å². The Hall–Kier alpha value is -5.51. The van der Waals surface area contributed by atoms with Gasteiger partial charge in [0, 0.05) is 0 Å². The van der Waals surface area contributed by atoms with Crippen molar-refractivity contribution in [2.75, 3.05) is 0 Å². The Kier molecular flexibility index (Phi) is 18.5. The molecule has 0 amide bonds. The zero-order valence-electron chi connectivity index (χ0n) is 33.0. The number of rotatable bonds is 9. The molecule has 60 heavy (non-hydrogen) atoms. The van der Waals surface area contributed by atoms with Crippen molar-refractivity contribution in [3.8, 4) is 0 Å². The summed E-state index contributed by atoms with van der Waals surface area (Å²) in [6, 6.07) is 97.0. The second kappa shape index (κ2) is 25.2. The maximum absolute atomic E-state index is 8.51. The van der Waals surface area contributed by atoms with Crippen molar-refractivity contribution in [3.63, 3.8) is 0 Å². The molecule has 9 aromatic carbocycles. The summed E-state index contributed by atoms with van der Waals surface area (Å²) in [6.07, 6.45) is 0. The van der Waals surface area contributed by atoms with Crippen LogP contribution in [0.25, 0.3) is 0 Å². The van der Waals surface area contributed by atoms with E-state index in [9.17, 15) is 0 Å². The van der Waals surface area contributed by atoms with Gasteiger partial charge in [0.15, 0.2) is 0 Å². The van der Waals surface area contributed by atoms with Crippen molar-refractivity contribution in [1.82, 2.24) is 0 Å². The molecule has 0 unspecified atom stereocenters. The Morgan fingerprint density at radius 2 is 0.300 bits per heavy atom. The largest absolute Gasteiger partial charge is 0.0622 e. The molecule has 9 aromatic rings. The van der Waals surface area contributed by atoms with Gasteiger partial charge in [-0.2, -0.15) is 0 Å². The molecule has 0 radical (unpaired) electrons. The molecule has 0 aromatic heterocycles. The van der Waals surface area contributed by atoms with Crippen LogP contribution >= 0.6 is 23.8 Å². The van der Waals surface area contributed by atoms with Crippen molar-refractivity contribution >= 4 is 71.5 Å². The summed E-state index contributed by atoms with van der Waals surface area (Å²) in [5, 5.41) is 12.6.